The molecule has 0 fully saturated rings. The number of benzene rings is 1. The molecule has 0 aliphatic heterocycles. The highest BCUT2D eigenvalue weighted by Gasteiger charge is 2.17. The maximum absolute atomic E-state index is 5.50. The minimum Gasteiger partial charge on any atom is -0.481 e. The van der Waals surface area contributed by atoms with Gasteiger partial charge in [-0.05, 0) is 19.9 Å². The zero-order valence-corrected chi connectivity index (χ0v) is 11.3. The molecule has 3 nitrogen and oxygen atoms in total. The lowest BCUT2D eigenvalue weighted by Gasteiger charge is -2.25. The summed E-state index contributed by atoms with van der Waals surface area (Å²) in [6, 6.07) is 7.89. The third-order valence-electron chi connectivity index (χ3n) is 2.55. The fraction of sp³-hybridized carbons (Fsp3) is 0.467. The van der Waals surface area contributed by atoms with Crippen LogP contribution in [0.1, 0.15) is 19.4 Å². The van der Waals surface area contributed by atoms with Crippen molar-refractivity contribution < 1.29 is 9.47 Å². The van der Waals surface area contributed by atoms with E-state index >= 15 is 0 Å². The van der Waals surface area contributed by atoms with E-state index in [9.17, 15) is 0 Å². The lowest BCUT2D eigenvalue weighted by atomic mass is 10.1. The van der Waals surface area contributed by atoms with Crippen LogP contribution in [0.15, 0.2) is 24.3 Å². The molecule has 0 spiro atoms. The Bertz CT molecular complexity index is 407. The summed E-state index contributed by atoms with van der Waals surface area (Å²) in [7, 11) is 1.70. The van der Waals surface area contributed by atoms with E-state index in [2.05, 4.69) is 25.1 Å². The number of rotatable bonds is 7. The van der Waals surface area contributed by atoms with Gasteiger partial charge in [0.15, 0.2) is 0 Å². The summed E-state index contributed by atoms with van der Waals surface area (Å²) in [6.45, 7) is 5.86. The molecule has 0 heterocycles. The number of hydrogen-bond donors (Lipinski definition) is 1. The van der Waals surface area contributed by atoms with Gasteiger partial charge in [-0.3, -0.25) is 0 Å². The molecule has 0 aromatic heterocycles. The van der Waals surface area contributed by atoms with Crippen molar-refractivity contribution in [3.8, 4) is 18.1 Å². The standard InChI is InChI=1S/C15H21NO2/c1-5-10-18-14-9-7-6-8-13(14)11-16-15(2,3)12-17-4/h1,6-9,16H,10-12H2,2-4H3. The van der Waals surface area contributed by atoms with Crippen LogP contribution in [0.25, 0.3) is 0 Å². The topological polar surface area (TPSA) is 30.5 Å². The van der Waals surface area contributed by atoms with Crippen molar-refractivity contribution in [1.29, 1.82) is 0 Å². The first-order valence-corrected chi connectivity index (χ1v) is 5.97. The molecule has 18 heavy (non-hydrogen) atoms. The van der Waals surface area contributed by atoms with Gasteiger partial charge in [-0.1, -0.05) is 24.1 Å². The molecule has 1 aromatic carbocycles. The average molecular weight is 247 g/mol. The van der Waals surface area contributed by atoms with Crippen molar-refractivity contribution in [3.05, 3.63) is 29.8 Å². The van der Waals surface area contributed by atoms with Gasteiger partial charge in [0.1, 0.15) is 12.4 Å². The minimum atomic E-state index is -0.0754. The van der Waals surface area contributed by atoms with Gasteiger partial charge in [0.2, 0.25) is 0 Å². The maximum Gasteiger partial charge on any atom is 0.148 e. The molecule has 0 radical (unpaired) electrons. The predicted molar refractivity (Wildman–Crippen MR) is 73.6 cm³/mol. The van der Waals surface area contributed by atoms with Gasteiger partial charge >= 0.3 is 0 Å². The van der Waals surface area contributed by atoms with Crippen molar-refractivity contribution in [2.75, 3.05) is 20.3 Å². The van der Waals surface area contributed by atoms with E-state index in [-0.39, 0.29) is 5.54 Å². The fourth-order valence-electron chi connectivity index (χ4n) is 1.66. The summed E-state index contributed by atoms with van der Waals surface area (Å²) in [5, 5.41) is 3.44. The SMILES string of the molecule is C#CCOc1ccccc1CNC(C)(C)COC. The Labute approximate surface area is 109 Å². The van der Waals surface area contributed by atoms with E-state index < -0.39 is 0 Å². The van der Waals surface area contributed by atoms with Crippen LogP contribution in [0.5, 0.6) is 5.75 Å². The van der Waals surface area contributed by atoms with E-state index in [4.69, 9.17) is 15.9 Å². The van der Waals surface area contributed by atoms with Crippen LogP contribution in [0.3, 0.4) is 0 Å². The Morgan fingerprint density at radius 2 is 2.06 bits per heavy atom. The van der Waals surface area contributed by atoms with E-state index in [1.807, 2.05) is 24.3 Å². The average Bonchev–Trinajstić information content (AvgIpc) is 2.35. The maximum atomic E-state index is 5.50. The highest BCUT2D eigenvalue weighted by atomic mass is 16.5. The van der Waals surface area contributed by atoms with Crippen LogP contribution in [-0.4, -0.2) is 25.9 Å². The Hall–Kier alpha value is -1.50. The predicted octanol–water partition coefficient (Wildman–Crippen LogP) is 2.21. The first-order valence-electron chi connectivity index (χ1n) is 5.97. The molecule has 1 N–H and O–H groups in total. The summed E-state index contributed by atoms with van der Waals surface area (Å²) in [5.41, 5.74) is 1.02. The normalized spacial score (nSPS) is 11.0. The highest BCUT2D eigenvalue weighted by Crippen LogP contribution is 2.18. The van der Waals surface area contributed by atoms with E-state index in [0.717, 1.165) is 17.9 Å². The molecule has 1 rings (SSSR count). The second-order valence-electron chi connectivity index (χ2n) is 4.77. The molecule has 0 unspecified atom stereocenters. The monoisotopic (exact) mass is 247 g/mol. The van der Waals surface area contributed by atoms with Gasteiger partial charge < -0.3 is 14.8 Å². The molecule has 0 saturated carbocycles. The molecule has 0 atom stereocenters. The molecule has 1 aromatic rings. The molecule has 0 aliphatic carbocycles. The highest BCUT2D eigenvalue weighted by molar-refractivity contribution is 5.33. The van der Waals surface area contributed by atoms with Crippen LogP contribution in [-0.2, 0) is 11.3 Å². The fourth-order valence-corrected chi connectivity index (χ4v) is 1.66. The summed E-state index contributed by atoms with van der Waals surface area (Å²) in [5.74, 6) is 3.30. The molecule has 3 heteroatoms. The third kappa shape index (κ3) is 4.79. The van der Waals surface area contributed by atoms with Gasteiger partial charge in [0.05, 0.1) is 6.61 Å². The van der Waals surface area contributed by atoms with Crippen molar-refractivity contribution in [2.45, 2.75) is 25.9 Å². The quantitative estimate of drug-likeness (QED) is 0.749. The summed E-state index contributed by atoms with van der Waals surface area (Å²) in [4.78, 5) is 0. The van der Waals surface area contributed by atoms with E-state index in [0.29, 0.717) is 13.2 Å². The molecule has 0 bridgehead atoms. The second-order valence-corrected chi connectivity index (χ2v) is 4.77. The molecular weight excluding hydrogens is 226 g/mol. The van der Waals surface area contributed by atoms with Gasteiger partial charge in [0.25, 0.3) is 0 Å². The van der Waals surface area contributed by atoms with Crippen LogP contribution >= 0.6 is 0 Å². The zero-order chi connectivity index (χ0) is 13.4. The number of ether oxygens (including phenoxy) is 2. The molecule has 98 valence electrons. The molecule has 0 saturated heterocycles. The zero-order valence-electron chi connectivity index (χ0n) is 11.3. The van der Waals surface area contributed by atoms with Crippen molar-refractivity contribution in [2.24, 2.45) is 0 Å². The smallest absolute Gasteiger partial charge is 0.148 e. The minimum absolute atomic E-state index is 0.0754. The molecular formula is C15H21NO2. The van der Waals surface area contributed by atoms with Crippen LogP contribution in [0, 0.1) is 12.3 Å². The third-order valence-corrected chi connectivity index (χ3v) is 2.55. The van der Waals surface area contributed by atoms with Crippen LogP contribution < -0.4 is 10.1 Å². The number of methoxy groups -OCH3 is 1. The first-order chi connectivity index (χ1) is 8.59. The number of hydrogen-bond acceptors (Lipinski definition) is 3. The number of para-hydroxylation sites is 1. The van der Waals surface area contributed by atoms with Gasteiger partial charge in [-0.15, -0.1) is 6.42 Å². The summed E-state index contributed by atoms with van der Waals surface area (Å²) >= 11 is 0. The second kappa shape index (κ2) is 7.05. The van der Waals surface area contributed by atoms with Crippen LogP contribution in [0.4, 0.5) is 0 Å². The Morgan fingerprint density at radius 3 is 2.72 bits per heavy atom. The Balaban J connectivity index is 2.64. The summed E-state index contributed by atoms with van der Waals surface area (Å²) < 4.78 is 10.7. The lowest BCUT2D eigenvalue weighted by Crippen LogP contribution is -2.42. The van der Waals surface area contributed by atoms with Crippen molar-refractivity contribution >= 4 is 0 Å². The van der Waals surface area contributed by atoms with E-state index in [1.165, 1.54) is 0 Å². The van der Waals surface area contributed by atoms with Gasteiger partial charge in [-0.25, -0.2) is 0 Å². The van der Waals surface area contributed by atoms with E-state index in [1.54, 1.807) is 7.11 Å². The number of nitrogens with one attached hydrogen (secondary N) is 1. The van der Waals surface area contributed by atoms with Crippen LogP contribution in [0.2, 0.25) is 0 Å². The number of terminal acetylenes is 1. The molecule has 0 aliphatic rings. The summed E-state index contributed by atoms with van der Waals surface area (Å²) in [6.07, 6.45) is 5.20. The largest absolute Gasteiger partial charge is 0.481 e. The van der Waals surface area contributed by atoms with Crippen molar-refractivity contribution in [3.63, 3.8) is 0 Å². The molecule has 0 amide bonds. The van der Waals surface area contributed by atoms with Gasteiger partial charge in [0, 0.05) is 24.8 Å². The van der Waals surface area contributed by atoms with Gasteiger partial charge in [-0.2, -0.15) is 0 Å². The first kappa shape index (κ1) is 14.6. The van der Waals surface area contributed by atoms with Crippen molar-refractivity contribution in [1.82, 2.24) is 5.32 Å². The lowest BCUT2D eigenvalue weighted by molar-refractivity contribution is 0.127. The Kier molecular flexibility index (Phi) is 5.70. The Morgan fingerprint density at radius 1 is 1.33 bits per heavy atom.